The van der Waals surface area contributed by atoms with Crippen LogP contribution in [0.3, 0.4) is 0 Å². The Morgan fingerprint density at radius 1 is 1.33 bits per heavy atom. The first-order chi connectivity index (χ1) is 10.2. The van der Waals surface area contributed by atoms with Crippen LogP contribution >= 0.6 is 0 Å². The number of ether oxygens (including phenoxy) is 1. The molecule has 3 rings (SSSR count). The van der Waals surface area contributed by atoms with E-state index in [9.17, 15) is 9.90 Å². The summed E-state index contributed by atoms with van der Waals surface area (Å²) in [5.74, 6) is 0.411. The highest BCUT2D eigenvalue weighted by Gasteiger charge is 2.09. The molecule has 3 aromatic rings. The fourth-order valence-electron chi connectivity index (χ4n) is 2.09. The number of benzene rings is 1. The molecule has 1 N–H and O–H groups in total. The Morgan fingerprint density at radius 2 is 2.19 bits per heavy atom. The summed E-state index contributed by atoms with van der Waals surface area (Å²) in [6.45, 7) is 0. The van der Waals surface area contributed by atoms with E-state index in [0.29, 0.717) is 23.5 Å². The van der Waals surface area contributed by atoms with Crippen molar-refractivity contribution in [2.75, 3.05) is 7.11 Å². The topological polar surface area (TPSA) is 76.7 Å². The van der Waals surface area contributed by atoms with Crippen LogP contribution in [0.15, 0.2) is 42.6 Å². The van der Waals surface area contributed by atoms with Gasteiger partial charge in [-0.25, -0.2) is 14.3 Å². The van der Waals surface area contributed by atoms with E-state index in [2.05, 4.69) is 14.8 Å². The largest absolute Gasteiger partial charge is 0.508 e. The van der Waals surface area contributed by atoms with Gasteiger partial charge < -0.3 is 9.84 Å². The van der Waals surface area contributed by atoms with Gasteiger partial charge >= 0.3 is 5.97 Å². The fraction of sp³-hybridized carbons (Fsp3) is 0.133. The summed E-state index contributed by atoms with van der Waals surface area (Å²) in [6.07, 6.45) is 2.09. The molecule has 106 valence electrons. The first-order valence-electron chi connectivity index (χ1n) is 6.37. The van der Waals surface area contributed by atoms with Gasteiger partial charge in [0.1, 0.15) is 5.75 Å². The molecule has 0 amide bonds. The van der Waals surface area contributed by atoms with Crippen molar-refractivity contribution in [3.63, 3.8) is 0 Å². The van der Waals surface area contributed by atoms with E-state index in [0.717, 1.165) is 5.56 Å². The number of rotatable bonds is 3. The second-order valence-electron chi connectivity index (χ2n) is 4.59. The number of fused-ring (bicyclic) bond motifs is 1. The van der Waals surface area contributed by atoms with Crippen LogP contribution in [-0.4, -0.2) is 32.8 Å². The molecule has 0 saturated carbocycles. The van der Waals surface area contributed by atoms with Crippen LogP contribution in [0.4, 0.5) is 0 Å². The maximum Gasteiger partial charge on any atom is 0.339 e. The van der Waals surface area contributed by atoms with E-state index in [4.69, 9.17) is 0 Å². The van der Waals surface area contributed by atoms with Crippen molar-refractivity contribution in [2.24, 2.45) is 0 Å². The molecule has 0 aliphatic heterocycles. The Morgan fingerprint density at radius 3 is 2.95 bits per heavy atom. The standard InChI is InChI=1S/C15H13N3O3/c1-21-15(20)11-5-6-14-16-13(17-18(14)9-11)8-10-3-2-4-12(19)7-10/h2-7,9,19H,8H2,1H3. The van der Waals surface area contributed by atoms with Gasteiger partial charge in [-0.15, -0.1) is 0 Å². The number of phenols is 1. The molecule has 0 bridgehead atoms. The van der Waals surface area contributed by atoms with Crippen LogP contribution < -0.4 is 0 Å². The molecule has 0 atom stereocenters. The first-order valence-corrected chi connectivity index (χ1v) is 6.37. The lowest BCUT2D eigenvalue weighted by atomic mass is 10.1. The van der Waals surface area contributed by atoms with Crippen LogP contribution in [0.25, 0.3) is 5.65 Å². The molecule has 21 heavy (non-hydrogen) atoms. The van der Waals surface area contributed by atoms with Gasteiger partial charge in [0.15, 0.2) is 11.5 Å². The number of aromatic nitrogens is 3. The van der Waals surface area contributed by atoms with Gasteiger partial charge in [-0.2, -0.15) is 5.10 Å². The maximum absolute atomic E-state index is 11.5. The van der Waals surface area contributed by atoms with Gasteiger partial charge in [0, 0.05) is 12.6 Å². The lowest BCUT2D eigenvalue weighted by molar-refractivity contribution is 0.0600. The molecular formula is C15H13N3O3. The van der Waals surface area contributed by atoms with Crippen LogP contribution in [0.5, 0.6) is 5.75 Å². The van der Waals surface area contributed by atoms with Gasteiger partial charge in [0.05, 0.1) is 12.7 Å². The third-order valence-electron chi connectivity index (χ3n) is 3.07. The van der Waals surface area contributed by atoms with Crippen LogP contribution in [0, 0.1) is 0 Å². The summed E-state index contributed by atoms with van der Waals surface area (Å²) in [7, 11) is 1.33. The van der Waals surface area contributed by atoms with E-state index in [1.165, 1.54) is 7.11 Å². The Balaban J connectivity index is 1.92. The van der Waals surface area contributed by atoms with Crippen molar-refractivity contribution in [1.82, 2.24) is 14.6 Å². The highest BCUT2D eigenvalue weighted by molar-refractivity contribution is 5.89. The highest BCUT2D eigenvalue weighted by Crippen LogP contribution is 2.14. The number of carbonyl (C=O) groups is 1. The van der Waals surface area contributed by atoms with Crippen molar-refractivity contribution in [3.8, 4) is 5.75 Å². The minimum atomic E-state index is -0.415. The number of hydrogen-bond acceptors (Lipinski definition) is 5. The van der Waals surface area contributed by atoms with Crippen molar-refractivity contribution in [1.29, 1.82) is 0 Å². The molecular weight excluding hydrogens is 270 g/mol. The summed E-state index contributed by atoms with van der Waals surface area (Å²) in [6, 6.07) is 10.3. The van der Waals surface area contributed by atoms with E-state index in [1.54, 1.807) is 41.0 Å². The van der Waals surface area contributed by atoms with Crippen LogP contribution in [0.1, 0.15) is 21.7 Å². The predicted molar refractivity (Wildman–Crippen MR) is 75.2 cm³/mol. The van der Waals surface area contributed by atoms with E-state index in [1.807, 2.05) is 6.07 Å². The number of methoxy groups -OCH3 is 1. The number of hydrogen-bond donors (Lipinski definition) is 1. The molecule has 6 heteroatoms. The molecule has 0 fully saturated rings. The number of nitrogens with zero attached hydrogens (tertiary/aromatic N) is 3. The Hall–Kier alpha value is -2.89. The van der Waals surface area contributed by atoms with E-state index < -0.39 is 5.97 Å². The zero-order valence-corrected chi connectivity index (χ0v) is 11.4. The van der Waals surface area contributed by atoms with Gasteiger partial charge in [-0.05, 0) is 29.8 Å². The maximum atomic E-state index is 11.5. The molecule has 0 aliphatic carbocycles. The van der Waals surface area contributed by atoms with Gasteiger partial charge in [-0.1, -0.05) is 12.1 Å². The summed E-state index contributed by atoms with van der Waals surface area (Å²) in [5, 5.41) is 13.8. The third kappa shape index (κ3) is 2.69. The van der Waals surface area contributed by atoms with Crippen molar-refractivity contribution < 1.29 is 14.6 Å². The SMILES string of the molecule is COC(=O)c1ccc2nc(Cc3cccc(O)c3)nn2c1. The number of esters is 1. The fourth-order valence-corrected chi connectivity index (χ4v) is 2.09. The zero-order valence-electron chi connectivity index (χ0n) is 11.4. The average Bonchev–Trinajstić information content (AvgIpc) is 2.87. The summed E-state index contributed by atoms with van der Waals surface area (Å²) >= 11 is 0. The zero-order chi connectivity index (χ0) is 14.8. The van der Waals surface area contributed by atoms with Gasteiger partial charge in [0.2, 0.25) is 0 Å². The van der Waals surface area contributed by atoms with Crippen molar-refractivity contribution in [3.05, 3.63) is 59.5 Å². The first kappa shape index (κ1) is 13.1. The Kier molecular flexibility index (Phi) is 3.27. The Bertz CT molecular complexity index is 811. The van der Waals surface area contributed by atoms with Gasteiger partial charge in [0.25, 0.3) is 0 Å². The quantitative estimate of drug-likeness (QED) is 0.742. The third-order valence-corrected chi connectivity index (χ3v) is 3.07. The molecule has 2 heterocycles. The summed E-state index contributed by atoms with van der Waals surface area (Å²) in [5.41, 5.74) is 1.98. The van der Waals surface area contributed by atoms with Crippen molar-refractivity contribution >= 4 is 11.6 Å². The second-order valence-corrected chi connectivity index (χ2v) is 4.59. The van der Waals surface area contributed by atoms with E-state index >= 15 is 0 Å². The molecule has 0 aliphatic rings. The average molecular weight is 283 g/mol. The normalized spacial score (nSPS) is 10.7. The Labute approximate surface area is 120 Å². The molecule has 0 radical (unpaired) electrons. The minimum absolute atomic E-state index is 0.212. The second kappa shape index (κ2) is 5.24. The smallest absolute Gasteiger partial charge is 0.339 e. The van der Waals surface area contributed by atoms with E-state index in [-0.39, 0.29) is 5.75 Å². The number of aromatic hydroxyl groups is 1. The highest BCUT2D eigenvalue weighted by atomic mass is 16.5. The molecule has 0 saturated heterocycles. The van der Waals surface area contributed by atoms with Crippen molar-refractivity contribution in [2.45, 2.75) is 6.42 Å². The lowest BCUT2D eigenvalue weighted by Gasteiger charge is -1.98. The van der Waals surface area contributed by atoms with Crippen LogP contribution in [-0.2, 0) is 11.2 Å². The minimum Gasteiger partial charge on any atom is -0.508 e. The number of pyridine rings is 1. The number of carbonyl (C=O) groups excluding carboxylic acids is 1. The lowest BCUT2D eigenvalue weighted by Crippen LogP contribution is -2.03. The molecule has 0 spiro atoms. The molecule has 1 aromatic carbocycles. The molecule has 0 unspecified atom stereocenters. The summed E-state index contributed by atoms with van der Waals surface area (Å²) < 4.78 is 6.22. The van der Waals surface area contributed by atoms with Gasteiger partial charge in [-0.3, -0.25) is 0 Å². The number of phenolic OH excluding ortho intramolecular Hbond substituents is 1. The summed E-state index contributed by atoms with van der Waals surface area (Å²) in [4.78, 5) is 15.9. The predicted octanol–water partition coefficient (Wildman–Crippen LogP) is 1.81. The monoisotopic (exact) mass is 283 g/mol. The molecule has 2 aromatic heterocycles. The molecule has 6 nitrogen and oxygen atoms in total. The van der Waals surface area contributed by atoms with Crippen LogP contribution in [0.2, 0.25) is 0 Å².